The van der Waals surface area contributed by atoms with E-state index in [4.69, 9.17) is 11.6 Å². The second-order valence-electron chi connectivity index (χ2n) is 3.21. The number of anilines is 1. The van der Waals surface area contributed by atoms with Crippen LogP contribution in [0.5, 0.6) is 0 Å². The van der Waals surface area contributed by atoms with Gasteiger partial charge in [0.1, 0.15) is 5.82 Å². The lowest BCUT2D eigenvalue weighted by Gasteiger charge is -2.11. The van der Waals surface area contributed by atoms with Crippen LogP contribution in [0, 0.1) is 0 Å². The summed E-state index contributed by atoms with van der Waals surface area (Å²) in [5, 5.41) is 3.80. The fourth-order valence-corrected chi connectivity index (χ4v) is 1.64. The molecule has 0 bridgehead atoms. The maximum atomic E-state index is 5.98. The third-order valence-electron chi connectivity index (χ3n) is 1.66. The minimum Gasteiger partial charge on any atom is -0.368 e. The first-order chi connectivity index (χ1) is 6.59. The van der Waals surface area contributed by atoms with Gasteiger partial charge in [0.15, 0.2) is 0 Å². The Balaban J connectivity index is 2.51. The third-order valence-corrected chi connectivity index (χ3v) is 2.38. The number of hydrogen-bond donors (Lipinski definition) is 1. The van der Waals surface area contributed by atoms with Gasteiger partial charge in [0.05, 0.1) is 5.02 Å². The molecule has 0 atom stereocenters. The van der Waals surface area contributed by atoms with Gasteiger partial charge in [-0.1, -0.05) is 11.6 Å². The highest BCUT2D eigenvalue weighted by molar-refractivity contribution is 9.10. The van der Waals surface area contributed by atoms with E-state index in [1.807, 2.05) is 20.2 Å². The molecule has 0 radical (unpaired) electrons. The van der Waals surface area contributed by atoms with Gasteiger partial charge in [-0.3, -0.25) is 0 Å². The predicted octanol–water partition coefficient (Wildman–Crippen LogP) is 2.47. The van der Waals surface area contributed by atoms with Crippen LogP contribution in [0.25, 0.3) is 0 Å². The van der Waals surface area contributed by atoms with Crippen LogP contribution in [0.4, 0.5) is 5.82 Å². The van der Waals surface area contributed by atoms with Gasteiger partial charge in [-0.15, -0.1) is 0 Å². The molecule has 0 aliphatic carbocycles. The monoisotopic (exact) mass is 277 g/mol. The van der Waals surface area contributed by atoms with Gasteiger partial charge in [-0.2, -0.15) is 0 Å². The van der Waals surface area contributed by atoms with E-state index >= 15 is 0 Å². The summed E-state index contributed by atoms with van der Waals surface area (Å²) in [7, 11) is 4.05. The smallest absolute Gasteiger partial charge is 0.144 e. The summed E-state index contributed by atoms with van der Waals surface area (Å²) in [6.07, 6.45) is 1.73. The van der Waals surface area contributed by atoms with Gasteiger partial charge in [0, 0.05) is 23.8 Å². The van der Waals surface area contributed by atoms with Gasteiger partial charge in [0.25, 0.3) is 0 Å². The maximum absolute atomic E-state index is 5.98. The zero-order chi connectivity index (χ0) is 10.6. The first-order valence-electron chi connectivity index (χ1n) is 4.29. The van der Waals surface area contributed by atoms with Gasteiger partial charge in [0.2, 0.25) is 0 Å². The molecule has 5 heteroatoms. The minimum atomic E-state index is 0.637. The Morgan fingerprint density at radius 2 is 2.29 bits per heavy atom. The molecule has 78 valence electrons. The van der Waals surface area contributed by atoms with E-state index in [-0.39, 0.29) is 0 Å². The van der Waals surface area contributed by atoms with Crippen LogP contribution < -0.4 is 5.32 Å². The molecule has 14 heavy (non-hydrogen) atoms. The lowest BCUT2D eigenvalue weighted by atomic mass is 10.4. The van der Waals surface area contributed by atoms with E-state index < -0.39 is 0 Å². The summed E-state index contributed by atoms with van der Waals surface area (Å²) in [6, 6.07) is 1.83. The molecular formula is C9H13BrClN3. The van der Waals surface area contributed by atoms with Crippen LogP contribution in [0.2, 0.25) is 5.02 Å². The normalized spacial score (nSPS) is 10.6. The highest BCUT2D eigenvalue weighted by atomic mass is 79.9. The van der Waals surface area contributed by atoms with Crippen molar-refractivity contribution in [3.8, 4) is 0 Å². The van der Waals surface area contributed by atoms with Crippen LogP contribution in [0.3, 0.4) is 0 Å². The van der Waals surface area contributed by atoms with Crippen LogP contribution >= 0.6 is 27.5 Å². The fourth-order valence-electron chi connectivity index (χ4n) is 0.943. The summed E-state index contributed by atoms with van der Waals surface area (Å²) in [5.41, 5.74) is 0. The molecule has 0 unspecified atom stereocenters. The zero-order valence-electron chi connectivity index (χ0n) is 8.22. The second kappa shape index (κ2) is 5.53. The van der Waals surface area contributed by atoms with E-state index in [1.54, 1.807) is 6.20 Å². The average molecular weight is 279 g/mol. The summed E-state index contributed by atoms with van der Waals surface area (Å²) in [5.74, 6) is 0.733. The van der Waals surface area contributed by atoms with Crippen molar-refractivity contribution in [3.05, 3.63) is 21.8 Å². The van der Waals surface area contributed by atoms with Crippen LogP contribution in [-0.4, -0.2) is 37.1 Å². The Hall–Kier alpha value is -0.320. The Morgan fingerprint density at radius 1 is 1.57 bits per heavy atom. The number of hydrogen-bond acceptors (Lipinski definition) is 3. The fraction of sp³-hybridized carbons (Fsp3) is 0.444. The van der Waals surface area contributed by atoms with E-state index in [0.717, 1.165) is 23.4 Å². The maximum Gasteiger partial charge on any atom is 0.144 e. The van der Waals surface area contributed by atoms with Gasteiger partial charge in [-0.25, -0.2) is 4.98 Å². The number of aromatic nitrogens is 1. The number of nitrogens with one attached hydrogen (secondary N) is 1. The highest BCUT2D eigenvalue weighted by Crippen LogP contribution is 2.22. The molecule has 1 rings (SSSR count). The second-order valence-corrected chi connectivity index (χ2v) is 4.54. The summed E-state index contributed by atoms with van der Waals surface area (Å²) < 4.78 is 0.889. The molecule has 0 aliphatic heterocycles. The molecule has 0 saturated heterocycles. The Labute approximate surface area is 97.6 Å². The van der Waals surface area contributed by atoms with Crippen molar-refractivity contribution in [1.82, 2.24) is 9.88 Å². The molecule has 1 aromatic heterocycles. The largest absolute Gasteiger partial charge is 0.368 e. The standard InChI is InChI=1S/C9H13BrClN3/c1-14(2)4-3-12-9-8(11)5-7(10)6-13-9/h5-6H,3-4H2,1-2H3,(H,12,13). The van der Waals surface area contributed by atoms with Crippen LogP contribution in [0.1, 0.15) is 0 Å². The first kappa shape index (κ1) is 11.8. The lowest BCUT2D eigenvalue weighted by molar-refractivity contribution is 0.425. The van der Waals surface area contributed by atoms with Crippen molar-refractivity contribution >= 4 is 33.3 Å². The van der Waals surface area contributed by atoms with Crippen molar-refractivity contribution in [3.63, 3.8) is 0 Å². The molecule has 1 N–H and O–H groups in total. The van der Waals surface area contributed by atoms with E-state index in [0.29, 0.717) is 5.02 Å². The Morgan fingerprint density at radius 3 is 2.86 bits per heavy atom. The van der Waals surface area contributed by atoms with E-state index in [1.165, 1.54) is 0 Å². The summed E-state index contributed by atoms with van der Waals surface area (Å²) >= 11 is 9.28. The predicted molar refractivity (Wildman–Crippen MR) is 64.0 cm³/mol. The van der Waals surface area contributed by atoms with Gasteiger partial charge < -0.3 is 10.2 Å². The molecule has 0 aliphatic rings. The van der Waals surface area contributed by atoms with Crippen molar-refractivity contribution in [1.29, 1.82) is 0 Å². The highest BCUT2D eigenvalue weighted by Gasteiger charge is 2.01. The summed E-state index contributed by atoms with van der Waals surface area (Å²) in [6.45, 7) is 1.79. The molecular weight excluding hydrogens is 265 g/mol. The number of rotatable bonds is 4. The van der Waals surface area contributed by atoms with Crippen molar-refractivity contribution in [2.75, 3.05) is 32.5 Å². The van der Waals surface area contributed by atoms with Crippen LogP contribution in [0.15, 0.2) is 16.7 Å². The van der Waals surface area contributed by atoms with Crippen molar-refractivity contribution in [2.24, 2.45) is 0 Å². The van der Waals surface area contributed by atoms with Gasteiger partial charge >= 0.3 is 0 Å². The van der Waals surface area contributed by atoms with Crippen molar-refractivity contribution < 1.29 is 0 Å². The van der Waals surface area contributed by atoms with E-state index in [9.17, 15) is 0 Å². The minimum absolute atomic E-state index is 0.637. The molecule has 0 saturated carbocycles. The van der Waals surface area contributed by atoms with Crippen molar-refractivity contribution in [2.45, 2.75) is 0 Å². The Bertz CT molecular complexity index is 304. The molecule has 3 nitrogen and oxygen atoms in total. The average Bonchev–Trinajstić information content (AvgIpc) is 2.08. The molecule has 0 fully saturated rings. The number of halogens is 2. The topological polar surface area (TPSA) is 28.2 Å². The van der Waals surface area contributed by atoms with Crippen LogP contribution in [-0.2, 0) is 0 Å². The molecule has 1 aromatic rings. The first-order valence-corrected chi connectivity index (χ1v) is 5.46. The number of nitrogens with zero attached hydrogens (tertiary/aromatic N) is 2. The molecule has 1 heterocycles. The van der Waals surface area contributed by atoms with Gasteiger partial charge in [-0.05, 0) is 36.1 Å². The quantitative estimate of drug-likeness (QED) is 0.917. The number of pyridine rings is 1. The Kier molecular flexibility index (Phi) is 4.65. The zero-order valence-corrected chi connectivity index (χ0v) is 10.6. The molecule has 0 spiro atoms. The number of likely N-dealkylation sites (N-methyl/N-ethyl adjacent to an activating group) is 1. The molecule has 0 amide bonds. The lowest BCUT2D eigenvalue weighted by Crippen LogP contribution is -2.21. The summed E-state index contributed by atoms with van der Waals surface area (Å²) in [4.78, 5) is 6.26. The third kappa shape index (κ3) is 3.82. The van der Waals surface area contributed by atoms with E-state index in [2.05, 4.69) is 31.1 Å². The SMILES string of the molecule is CN(C)CCNc1ncc(Br)cc1Cl. The molecule has 0 aromatic carbocycles.